The van der Waals surface area contributed by atoms with Crippen LogP contribution in [0.5, 0.6) is 0 Å². The minimum absolute atomic E-state index is 0.236. The highest BCUT2D eigenvalue weighted by Crippen LogP contribution is 2.13. The molecule has 0 aliphatic rings. The minimum atomic E-state index is -0.236. The molecule has 0 radical (unpaired) electrons. The van der Waals surface area contributed by atoms with Gasteiger partial charge in [-0.05, 0) is 33.3 Å². The van der Waals surface area contributed by atoms with E-state index in [1.807, 2.05) is 31.5 Å². The van der Waals surface area contributed by atoms with E-state index in [4.69, 9.17) is 11.6 Å². The van der Waals surface area contributed by atoms with E-state index in [1.165, 1.54) is 0 Å². The summed E-state index contributed by atoms with van der Waals surface area (Å²) in [5, 5.41) is 11.7. The summed E-state index contributed by atoms with van der Waals surface area (Å²) in [7, 11) is 0. The van der Waals surface area contributed by atoms with Crippen LogP contribution in [0.1, 0.15) is 35.2 Å². The van der Waals surface area contributed by atoms with Crippen LogP contribution in [-0.4, -0.2) is 32.0 Å². The normalized spacial score (nSPS) is 10.9. The van der Waals surface area contributed by atoms with E-state index in [9.17, 15) is 4.79 Å². The molecule has 2 aromatic rings. The Kier molecular flexibility index (Phi) is 5.01. The maximum atomic E-state index is 12.0. The van der Waals surface area contributed by atoms with Crippen LogP contribution in [0.3, 0.4) is 0 Å². The third-order valence-corrected chi connectivity index (χ3v) is 3.47. The van der Waals surface area contributed by atoms with Crippen molar-refractivity contribution in [1.29, 1.82) is 0 Å². The number of halogens is 1. The van der Waals surface area contributed by atoms with E-state index < -0.39 is 0 Å². The van der Waals surface area contributed by atoms with Crippen LogP contribution < -0.4 is 5.32 Å². The summed E-state index contributed by atoms with van der Waals surface area (Å²) < 4.78 is 3.59. The number of hydrogen-bond acceptors (Lipinski definition) is 3. The smallest absolute Gasteiger partial charge is 0.273 e. The zero-order valence-corrected chi connectivity index (χ0v) is 13.3. The largest absolute Gasteiger partial charge is 0.351 e. The fourth-order valence-corrected chi connectivity index (χ4v) is 2.36. The van der Waals surface area contributed by atoms with Crippen LogP contribution in [0.2, 0.25) is 5.02 Å². The van der Waals surface area contributed by atoms with Crippen LogP contribution in [0.15, 0.2) is 12.3 Å². The van der Waals surface area contributed by atoms with Crippen molar-refractivity contribution < 1.29 is 4.79 Å². The van der Waals surface area contributed by atoms with Gasteiger partial charge >= 0.3 is 0 Å². The molecule has 0 aliphatic carbocycles. The fraction of sp³-hybridized carbons (Fsp3) is 0.500. The van der Waals surface area contributed by atoms with Gasteiger partial charge in [0.05, 0.1) is 10.7 Å². The Balaban J connectivity index is 1.81. The first-order valence-electron chi connectivity index (χ1n) is 7.03. The number of amides is 1. The van der Waals surface area contributed by atoms with Gasteiger partial charge in [0.15, 0.2) is 5.69 Å². The number of nitrogens with zero attached hydrogens (tertiary/aromatic N) is 4. The second-order valence-electron chi connectivity index (χ2n) is 4.94. The molecule has 2 heterocycles. The van der Waals surface area contributed by atoms with Crippen LogP contribution >= 0.6 is 11.6 Å². The van der Waals surface area contributed by atoms with Crippen molar-refractivity contribution in [3.63, 3.8) is 0 Å². The van der Waals surface area contributed by atoms with Crippen LogP contribution in [0, 0.1) is 13.8 Å². The Morgan fingerprint density at radius 1 is 1.38 bits per heavy atom. The number of aromatic nitrogens is 4. The number of carbonyl (C=O) groups is 1. The highest BCUT2D eigenvalue weighted by Gasteiger charge is 2.14. The van der Waals surface area contributed by atoms with E-state index in [0.717, 1.165) is 24.4 Å². The van der Waals surface area contributed by atoms with Gasteiger partial charge in [-0.15, -0.1) is 0 Å². The molecule has 21 heavy (non-hydrogen) atoms. The average molecular weight is 310 g/mol. The molecular weight excluding hydrogens is 290 g/mol. The summed E-state index contributed by atoms with van der Waals surface area (Å²) in [6, 6.07) is 2.04. The first-order valence-corrected chi connectivity index (χ1v) is 7.41. The first-order chi connectivity index (χ1) is 10.0. The molecule has 1 amide bonds. The maximum Gasteiger partial charge on any atom is 0.273 e. The number of rotatable bonds is 6. The molecule has 6 nitrogen and oxygen atoms in total. The summed E-state index contributed by atoms with van der Waals surface area (Å²) >= 11 is 5.99. The molecule has 114 valence electrons. The van der Waals surface area contributed by atoms with Crippen molar-refractivity contribution in [3.8, 4) is 0 Å². The van der Waals surface area contributed by atoms with Crippen molar-refractivity contribution >= 4 is 17.5 Å². The van der Waals surface area contributed by atoms with Crippen molar-refractivity contribution in [3.05, 3.63) is 34.4 Å². The molecule has 0 aromatic carbocycles. The lowest BCUT2D eigenvalue weighted by molar-refractivity contribution is 0.0947. The summed E-state index contributed by atoms with van der Waals surface area (Å²) in [6.07, 6.45) is 2.46. The van der Waals surface area contributed by atoms with Gasteiger partial charge in [-0.1, -0.05) is 11.6 Å². The second-order valence-corrected chi connectivity index (χ2v) is 5.35. The topological polar surface area (TPSA) is 64.7 Å². The Hall–Kier alpha value is -1.82. The van der Waals surface area contributed by atoms with Crippen LogP contribution in [-0.2, 0) is 13.1 Å². The molecular formula is C14H20ClN5O. The highest BCUT2D eigenvalue weighted by molar-refractivity contribution is 6.33. The lowest BCUT2D eigenvalue weighted by Crippen LogP contribution is -2.26. The third kappa shape index (κ3) is 3.85. The fourth-order valence-electron chi connectivity index (χ4n) is 2.13. The lowest BCUT2D eigenvalue weighted by atomic mass is 10.3. The molecule has 0 saturated heterocycles. The van der Waals surface area contributed by atoms with E-state index in [0.29, 0.717) is 18.1 Å². The quantitative estimate of drug-likeness (QED) is 0.832. The Labute approximate surface area is 129 Å². The summed E-state index contributed by atoms with van der Waals surface area (Å²) in [5.74, 6) is -0.236. The number of nitrogens with one attached hydrogen (secondary N) is 1. The van der Waals surface area contributed by atoms with E-state index in [-0.39, 0.29) is 11.6 Å². The summed E-state index contributed by atoms with van der Waals surface area (Å²) in [4.78, 5) is 12.0. The molecule has 2 rings (SSSR count). The van der Waals surface area contributed by atoms with E-state index >= 15 is 0 Å². The Bertz CT molecular complexity index is 631. The molecule has 7 heteroatoms. The third-order valence-electron chi connectivity index (χ3n) is 3.19. The molecule has 0 unspecified atom stereocenters. The average Bonchev–Trinajstić information content (AvgIpc) is 2.97. The summed E-state index contributed by atoms with van der Waals surface area (Å²) in [5.41, 5.74) is 2.42. The van der Waals surface area contributed by atoms with Gasteiger partial charge in [0, 0.05) is 31.5 Å². The molecule has 1 N–H and O–H groups in total. The van der Waals surface area contributed by atoms with Crippen molar-refractivity contribution in [2.75, 3.05) is 6.54 Å². The first kappa shape index (κ1) is 15.6. The van der Waals surface area contributed by atoms with E-state index in [1.54, 1.807) is 10.9 Å². The molecule has 0 fully saturated rings. The van der Waals surface area contributed by atoms with Crippen molar-refractivity contribution in [2.45, 2.75) is 40.3 Å². The van der Waals surface area contributed by atoms with Gasteiger partial charge in [-0.3, -0.25) is 14.2 Å². The van der Waals surface area contributed by atoms with Gasteiger partial charge in [0.25, 0.3) is 5.91 Å². The van der Waals surface area contributed by atoms with Crippen molar-refractivity contribution in [1.82, 2.24) is 24.9 Å². The molecule has 0 aliphatic heterocycles. The lowest BCUT2D eigenvalue weighted by Gasteiger charge is -2.05. The monoisotopic (exact) mass is 309 g/mol. The second kappa shape index (κ2) is 6.76. The van der Waals surface area contributed by atoms with Gasteiger partial charge in [-0.25, -0.2) is 0 Å². The van der Waals surface area contributed by atoms with Gasteiger partial charge in [-0.2, -0.15) is 10.2 Å². The zero-order valence-electron chi connectivity index (χ0n) is 12.6. The standard InChI is InChI=1S/C14H20ClN5O/c1-4-19-9-12(15)13(18-19)14(21)16-6-5-7-20-11(3)8-10(2)17-20/h8-9H,4-7H2,1-3H3,(H,16,21). The highest BCUT2D eigenvalue weighted by atomic mass is 35.5. The molecule has 0 saturated carbocycles. The Morgan fingerprint density at radius 2 is 2.14 bits per heavy atom. The van der Waals surface area contributed by atoms with Gasteiger partial charge in [0.2, 0.25) is 0 Å². The molecule has 0 spiro atoms. The number of aryl methyl sites for hydroxylation is 4. The van der Waals surface area contributed by atoms with Gasteiger partial charge < -0.3 is 5.32 Å². The van der Waals surface area contributed by atoms with Crippen LogP contribution in [0.4, 0.5) is 0 Å². The SMILES string of the molecule is CCn1cc(Cl)c(C(=O)NCCCn2nc(C)cc2C)n1. The molecule has 0 atom stereocenters. The summed E-state index contributed by atoms with van der Waals surface area (Å²) in [6.45, 7) is 7.96. The van der Waals surface area contributed by atoms with E-state index in [2.05, 4.69) is 15.5 Å². The van der Waals surface area contributed by atoms with Crippen LogP contribution in [0.25, 0.3) is 0 Å². The predicted octanol–water partition coefficient (Wildman–Crippen LogP) is 2.19. The number of hydrogen-bond donors (Lipinski definition) is 1. The van der Waals surface area contributed by atoms with Gasteiger partial charge in [0.1, 0.15) is 0 Å². The molecule has 2 aromatic heterocycles. The number of carbonyl (C=O) groups excluding carboxylic acids is 1. The predicted molar refractivity (Wildman–Crippen MR) is 81.6 cm³/mol. The zero-order chi connectivity index (χ0) is 15.4. The van der Waals surface area contributed by atoms with Crippen molar-refractivity contribution in [2.24, 2.45) is 0 Å². The Morgan fingerprint density at radius 3 is 2.71 bits per heavy atom. The minimum Gasteiger partial charge on any atom is -0.351 e. The maximum absolute atomic E-state index is 12.0. The molecule has 0 bridgehead atoms.